The molecule has 0 spiro atoms. The molecule has 1 saturated heterocycles. The highest BCUT2D eigenvalue weighted by Gasteiger charge is 2.50. The maximum Gasteiger partial charge on any atom is 0.329 e. The summed E-state index contributed by atoms with van der Waals surface area (Å²) in [6, 6.07) is -4.36. The van der Waals surface area contributed by atoms with Gasteiger partial charge < -0.3 is 31.3 Å². The average molecular weight is 731 g/mol. The minimum Gasteiger partial charge on any atom is -0.461 e. The lowest BCUT2D eigenvalue weighted by Crippen LogP contribution is -2.64. The molecule has 1 aliphatic heterocycles. The quantitative estimate of drug-likeness (QED) is 0.0457. The van der Waals surface area contributed by atoms with Crippen LogP contribution < -0.4 is 21.7 Å². The largest absolute Gasteiger partial charge is 0.461 e. The van der Waals surface area contributed by atoms with E-state index in [0.717, 1.165) is 51.4 Å². The molecule has 0 radical (unpaired) electrons. The van der Waals surface area contributed by atoms with Gasteiger partial charge in [-0.25, -0.2) is 9.59 Å². The van der Waals surface area contributed by atoms with Crippen LogP contribution in [0.5, 0.6) is 0 Å². The number of urea groups is 1. The molecular weight excluding hydrogens is 673 g/mol. The van der Waals surface area contributed by atoms with Crippen molar-refractivity contribution in [1.82, 2.24) is 20.9 Å². The number of rotatable bonds is 16. The third-order valence-corrected chi connectivity index (χ3v) is 10.9. The fraction of sp³-hybridized carbons (Fsp3) is 0.829. The number of alkyl halides is 2. The predicted molar refractivity (Wildman–Crippen MR) is 188 cm³/mol. The van der Waals surface area contributed by atoms with Gasteiger partial charge in [0.1, 0.15) is 23.3 Å². The maximum atomic E-state index is 13.6. The van der Waals surface area contributed by atoms with Crippen molar-refractivity contribution in [2.45, 2.75) is 146 Å². The lowest BCUT2D eigenvalue weighted by Gasteiger charge is -2.43. The van der Waals surface area contributed by atoms with Crippen LogP contribution in [0, 0.1) is 41.4 Å². The van der Waals surface area contributed by atoms with Gasteiger partial charge in [-0.1, -0.05) is 59.3 Å². The highest BCUT2D eigenvalue weighted by Crippen LogP contribution is 2.40. The number of carbonyl (C=O) groups is 4. The Bertz CT molecular complexity index is 1180. The first-order valence-electron chi connectivity index (χ1n) is 17.7. The van der Waals surface area contributed by atoms with Crippen LogP contribution in [0.4, 0.5) is 4.79 Å². The van der Waals surface area contributed by atoms with Crippen LogP contribution in [0.15, 0.2) is 0 Å². The van der Waals surface area contributed by atoms with Gasteiger partial charge in [-0.3, -0.25) is 19.8 Å². The number of hydrogen-bond acceptors (Lipinski definition) is 9. The molecular formula is C35H57Cl2N5O7. The molecule has 278 valence electrons. The maximum absolute atomic E-state index is 13.6. The van der Waals surface area contributed by atoms with Gasteiger partial charge in [0.25, 0.3) is 5.91 Å². The second kappa shape index (κ2) is 18.4. The topological polar surface area (TPSA) is 183 Å². The van der Waals surface area contributed by atoms with Crippen molar-refractivity contribution in [3.63, 3.8) is 0 Å². The lowest BCUT2D eigenvalue weighted by molar-refractivity contribution is -0.152. The van der Waals surface area contributed by atoms with Crippen LogP contribution in [0.3, 0.4) is 0 Å². The predicted octanol–water partition coefficient (Wildman–Crippen LogP) is 3.18. The number of ether oxygens (including phenoxy) is 1. The van der Waals surface area contributed by atoms with Gasteiger partial charge in [0.15, 0.2) is 0 Å². The molecule has 1 heterocycles. The SMILES string of the molecule is C#CC(C(Cl)Cl)[C@H]1CCN(C(O)[C@@H](NC(=O)N[C@H](C(=O)OC(C)C)C(C)(C)C)C2CCCCC2)[C@@H]1C(O)NC(CC1CCC1)C(=O)C(N)=O. The number of nitrogens with zero attached hydrogens (tertiary/aromatic N) is 1. The van der Waals surface area contributed by atoms with Crippen LogP contribution in [0.25, 0.3) is 0 Å². The molecule has 0 aromatic heterocycles. The minimum atomic E-state index is -1.45. The molecule has 3 aliphatic rings. The summed E-state index contributed by atoms with van der Waals surface area (Å²) in [5.41, 5.74) is 4.72. The van der Waals surface area contributed by atoms with Crippen molar-refractivity contribution in [3.8, 4) is 12.3 Å². The number of terminal acetylenes is 1. The van der Waals surface area contributed by atoms with Crippen LogP contribution in [0.1, 0.15) is 98.8 Å². The Morgan fingerprint density at radius 1 is 1.00 bits per heavy atom. The Kier molecular flexibility index (Phi) is 15.5. The first-order valence-corrected chi connectivity index (χ1v) is 18.6. The van der Waals surface area contributed by atoms with E-state index in [-0.39, 0.29) is 24.5 Å². The Morgan fingerprint density at radius 3 is 2.12 bits per heavy atom. The number of halogens is 2. The van der Waals surface area contributed by atoms with Crippen LogP contribution >= 0.6 is 23.2 Å². The van der Waals surface area contributed by atoms with Gasteiger partial charge in [-0.05, 0) is 62.7 Å². The number of amides is 3. The summed E-state index contributed by atoms with van der Waals surface area (Å²) in [6.45, 7) is 9.19. The van der Waals surface area contributed by atoms with E-state index in [4.69, 9.17) is 40.1 Å². The molecule has 7 N–H and O–H groups in total. The number of primary amides is 1. The van der Waals surface area contributed by atoms with E-state index < -0.39 is 82.4 Å². The van der Waals surface area contributed by atoms with Gasteiger partial charge in [0, 0.05) is 6.54 Å². The molecule has 8 atom stereocenters. The Labute approximate surface area is 301 Å². The summed E-state index contributed by atoms with van der Waals surface area (Å²) in [7, 11) is 0. The number of esters is 1. The smallest absolute Gasteiger partial charge is 0.329 e. The third kappa shape index (κ3) is 11.2. The van der Waals surface area contributed by atoms with Crippen molar-refractivity contribution in [1.29, 1.82) is 0 Å². The summed E-state index contributed by atoms with van der Waals surface area (Å²) in [5, 5.41) is 32.7. The highest BCUT2D eigenvalue weighted by molar-refractivity contribution is 6.44. The number of likely N-dealkylation sites (tertiary alicyclic amines) is 1. The third-order valence-electron chi connectivity index (χ3n) is 10.4. The zero-order chi connectivity index (χ0) is 36.6. The van der Waals surface area contributed by atoms with Crippen LogP contribution in [0.2, 0.25) is 0 Å². The normalized spacial score (nSPS) is 24.6. The van der Waals surface area contributed by atoms with Crippen molar-refractivity contribution >= 4 is 46.9 Å². The summed E-state index contributed by atoms with van der Waals surface area (Å²) < 4.78 is 5.43. The first-order chi connectivity index (χ1) is 23.0. The molecule has 2 aliphatic carbocycles. The molecule has 14 heteroatoms. The lowest BCUT2D eigenvalue weighted by atomic mass is 9.79. The summed E-state index contributed by atoms with van der Waals surface area (Å²) in [4.78, 5) is 52.2. The van der Waals surface area contributed by atoms with E-state index in [2.05, 4.69) is 21.9 Å². The molecule has 0 aromatic rings. The van der Waals surface area contributed by atoms with E-state index in [1.165, 1.54) is 0 Å². The van der Waals surface area contributed by atoms with Crippen molar-refractivity contribution in [3.05, 3.63) is 0 Å². The fourth-order valence-corrected chi connectivity index (χ4v) is 8.06. The van der Waals surface area contributed by atoms with E-state index in [1.54, 1.807) is 18.7 Å². The zero-order valence-corrected chi connectivity index (χ0v) is 31.0. The van der Waals surface area contributed by atoms with E-state index in [9.17, 15) is 29.4 Å². The average Bonchev–Trinajstić information content (AvgIpc) is 3.43. The molecule has 2 saturated carbocycles. The number of nitrogens with one attached hydrogen (secondary N) is 3. The van der Waals surface area contributed by atoms with Crippen molar-refractivity contribution in [2.24, 2.45) is 34.8 Å². The number of nitrogens with two attached hydrogens (primary N) is 1. The fourth-order valence-electron chi connectivity index (χ4n) is 7.54. The number of aliphatic hydroxyl groups excluding tert-OH is 2. The van der Waals surface area contributed by atoms with Gasteiger partial charge >= 0.3 is 12.0 Å². The summed E-state index contributed by atoms with van der Waals surface area (Å²) in [5.74, 6) is -1.02. The second-order valence-electron chi connectivity index (χ2n) is 15.4. The van der Waals surface area contributed by atoms with Gasteiger partial charge in [-0.15, -0.1) is 35.5 Å². The van der Waals surface area contributed by atoms with Crippen molar-refractivity contribution in [2.75, 3.05) is 6.54 Å². The van der Waals surface area contributed by atoms with E-state index in [1.807, 2.05) is 20.8 Å². The highest BCUT2D eigenvalue weighted by atomic mass is 35.5. The minimum absolute atomic E-state index is 0.116. The Balaban J connectivity index is 1.94. The number of ketones is 1. The standard InChI is InChI=1S/C35H57Cl2N5O7/c1-7-22(29(36)37)23-16-17-42(26(23)31(45)39-24(27(43)30(38)44)18-20-12-11-13-20)32(46)25(21-14-9-8-10-15-21)40-34(48)41-28(35(4,5)6)33(47)49-19(2)3/h1,19-26,28-29,31-32,39,45-46H,8-18H2,2-6H3,(H2,38,44)(H2,40,41,48)/t22?,23-,24?,25+,26+,28-,31?,32?/m1/s1. The van der Waals surface area contributed by atoms with Gasteiger partial charge in [0.05, 0.1) is 30.1 Å². The Morgan fingerprint density at radius 2 is 1.63 bits per heavy atom. The monoisotopic (exact) mass is 729 g/mol. The number of aliphatic hydroxyl groups is 2. The van der Waals surface area contributed by atoms with Crippen molar-refractivity contribution < 1.29 is 34.1 Å². The number of Topliss-reactive ketones (excluding diaryl/α,β-unsaturated/α-hetero) is 1. The van der Waals surface area contributed by atoms with Crippen LogP contribution in [-0.4, -0.2) is 92.9 Å². The second-order valence-corrected chi connectivity index (χ2v) is 16.5. The molecule has 0 bridgehead atoms. The molecule has 0 aromatic carbocycles. The zero-order valence-electron chi connectivity index (χ0n) is 29.5. The van der Waals surface area contributed by atoms with Gasteiger partial charge in [-0.2, -0.15) is 0 Å². The molecule has 3 amide bonds. The molecule has 3 rings (SSSR count). The number of hydrogen-bond donors (Lipinski definition) is 6. The summed E-state index contributed by atoms with van der Waals surface area (Å²) in [6.07, 6.45) is 10.6. The van der Waals surface area contributed by atoms with Crippen LogP contribution in [-0.2, 0) is 19.1 Å². The molecule has 3 fully saturated rings. The Hall–Kier alpha value is -2.14. The van der Waals surface area contributed by atoms with E-state index in [0.29, 0.717) is 12.8 Å². The number of carbonyl (C=O) groups excluding carboxylic acids is 4. The van der Waals surface area contributed by atoms with Gasteiger partial charge in [0.2, 0.25) is 5.78 Å². The molecule has 12 nitrogen and oxygen atoms in total. The molecule has 4 unspecified atom stereocenters. The molecule has 49 heavy (non-hydrogen) atoms. The summed E-state index contributed by atoms with van der Waals surface area (Å²) >= 11 is 12.7. The first kappa shape index (κ1) is 41.3. The van der Waals surface area contributed by atoms with E-state index >= 15 is 0 Å².